The third kappa shape index (κ3) is 3.75. The van der Waals surface area contributed by atoms with Crippen molar-refractivity contribution < 1.29 is 18.3 Å². The van der Waals surface area contributed by atoms with E-state index in [2.05, 4.69) is 0 Å². The summed E-state index contributed by atoms with van der Waals surface area (Å²) in [7, 11) is -2.24. The summed E-state index contributed by atoms with van der Waals surface area (Å²) in [6.45, 7) is 6.98. The second-order valence-electron chi connectivity index (χ2n) is 5.92. The molecule has 126 valence electrons. The predicted molar refractivity (Wildman–Crippen MR) is 88.7 cm³/mol. The van der Waals surface area contributed by atoms with Gasteiger partial charge in [-0.15, -0.1) is 0 Å². The Kier molecular flexibility index (Phi) is 6.71. The molecule has 0 aromatic heterocycles. The summed E-state index contributed by atoms with van der Waals surface area (Å²) in [4.78, 5) is 0. The van der Waals surface area contributed by atoms with E-state index >= 15 is 0 Å². The highest BCUT2D eigenvalue weighted by Crippen LogP contribution is 2.46. The molecule has 0 aliphatic rings. The van der Waals surface area contributed by atoms with Gasteiger partial charge in [0.15, 0.2) is 8.32 Å². The fourth-order valence-corrected chi connectivity index (χ4v) is 5.95. The first kappa shape index (κ1) is 19.3. The number of hydrogen-bond donors (Lipinski definition) is 1. The molecular formula is C17H28F2O2Si. The van der Waals surface area contributed by atoms with Gasteiger partial charge in [-0.05, 0) is 30.6 Å². The van der Waals surface area contributed by atoms with Gasteiger partial charge in [0.1, 0.15) is 5.60 Å². The minimum atomic E-state index is -3.12. The van der Waals surface area contributed by atoms with Crippen LogP contribution in [-0.4, -0.2) is 26.0 Å². The van der Waals surface area contributed by atoms with Crippen molar-refractivity contribution in [2.45, 2.75) is 63.8 Å². The second-order valence-corrected chi connectivity index (χ2v) is 10.6. The molecule has 0 amide bonds. The minimum absolute atomic E-state index is 0.473. The highest BCUT2D eigenvalue weighted by atomic mass is 28.4. The van der Waals surface area contributed by atoms with E-state index in [1.807, 2.05) is 20.8 Å². The Labute approximate surface area is 133 Å². The van der Waals surface area contributed by atoms with Crippen molar-refractivity contribution in [2.24, 2.45) is 0 Å². The Balaban J connectivity index is 3.35. The summed E-state index contributed by atoms with van der Waals surface area (Å²) in [5.74, 6) is -3.12. The average molecular weight is 330 g/mol. The van der Waals surface area contributed by atoms with Crippen molar-refractivity contribution in [1.82, 2.24) is 0 Å². The maximum Gasteiger partial charge on any atom is 0.281 e. The Bertz CT molecular complexity index is 441. The minimum Gasteiger partial charge on any atom is -0.402 e. The summed E-state index contributed by atoms with van der Waals surface area (Å²) < 4.78 is 35.9. The van der Waals surface area contributed by atoms with Crippen molar-refractivity contribution in [3.63, 3.8) is 0 Å². The Hall–Kier alpha value is -0.783. The molecule has 0 saturated carbocycles. The van der Waals surface area contributed by atoms with Gasteiger partial charge in [0.2, 0.25) is 0 Å². The quantitative estimate of drug-likeness (QED) is 0.650. The van der Waals surface area contributed by atoms with Gasteiger partial charge in [0.05, 0.1) is 0 Å². The lowest BCUT2D eigenvalue weighted by Crippen LogP contribution is -2.53. The van der Waals surface area contributed by atoms with Gasteiger partial charge in [-0.2, -0.15) is 0 Å². The molecule has 1 unspecified atom stereocenters. The number of hydrogen-bond acceptors (Lipinski definition) is 2. The molecule has 0 bridgehead atoms. The molecule has 5 heteroatoms. The molecule has 0 fully saturated rings. The maximum absolute atomic E-state index is 14.8. The van der Waals surface area contributed by atoms with Crippen LogP contribution in [0.1, 0.15) is 39.7 Å². The highest BCUT2D eigenvalue weighted by Gasteiger charge is 2.55. The molecule has 0 aliphatic carbocycles. The lowest BCUT2D eigenvalue weighted by atomic mass is 9.87. The van der Waals surface area contributed by atoms with Crippen LogP contribution in [0.2, 0.25) is 18.1 Å². The van der Waals surface area contributed by atoms with Crippen molar-refractivity contribution >= 4 is 8.32 Å². The molecule has 1 aromatic carbocycles. The van der Waals surface area contributed by atoms with Crippen molar-refractivity contribution in [3.05, 3.63) is 35.9 Å². The van der Waals surface area contributed by atoms with Crippen LogP contribution in [0, 0.1) is 0 Å². The molecule has 22 heavy (non-hydrogen) atoms. The summed E-state index contributed by atoms with van der Waals surface area (Å²) in [5.41, 5.74) is -1.23. The molecule has 2 nitrogen and oxygen atoms in total. The molecule has 1 aromatic rings. The summed E-state index contributed by atoms with van der Waals surface area (Å²) in [5, 5.41) is 9.06. The number of aliphatic hydroxyl groups is 1. The number of rotatable bonds is 9. The van der Waals surface area contributed by atoms with E-state index in [1.165, 1.54) is 6.92 Å². The highest BCUT2D eigenvalue weighted by molar-refractivity contribution is 6.73. The van der Waals surface area contributed by atoms with Gasteiger partial charge in [0, 0.05) is 13.0 Å². The topological polar surface area (TPSA) is 29.5 Å². The van der Waals surface area contributed by atoms with Crippen LogP contribution in [0.3, 0.4) is 0 Å². The molecule has 1 atom stereocenters. The van der Waals surface area contributed by atoms with Crippen LogP contribution < -0.4 is 0 Å². The van der Waals surface area contributed by atoms with E-state index in [-0.39, 0.29) is 0 Å². The number of halogens is 2. The fraction of sp³-hybridized carbons (Fsp3) is 0.647. The maximum atomic E-state index is 14.8. The Morgan fingerprint density at radius 2 is 1.55 bits per heavy atom. The molecule has 0 aliphatic heterocycles. The molecular weight excluding hydrogens is 302 g/mol. The predicted octanol–water partition coefficient (Wildman–Crippen LogP) is 4.94. The normalized spacial score (nSPS) is 15.6. The van der Waals surface area contributed by atoms with Gasteiger partial charge in [-0.1, -0.05) is 51.1 Å². The Morgan fingerprint density at radius 3 is 1.95 bits per heavy atom. The van der Waals surface area contributed by atoms with Crippen molar-refractivity contribution in [2.75, 3.05) is 6.61 Å². The van der Waals surface area contributed by atoms with E-state index in [9.17, 15) is 8.78 Å². The van der Waals surface area contributed by atoms with Crippen LogP contribution in [0.25, 0.3) is 0 Å². The molecule has 1 N–H and O–H groups in total. The molecule has 0 radical (unpaired) electrons. The van der Waals surface area contributed by atoms with Crippen LogP contribution >= 0.6 is 0 Å². The zero-order valence-corrected chi connectivity index (χ0v) is 15.0. The van der Waals surface area contributed by atoms with Crippen LogP contribution in [-0.2, 0) is 10.0 Å². The first-order chi connectivity index (χ1) is 10.3. The monoisotopic (exact) mass is 330 g/mol. The number of aliphatic hydroxyl groups excluding tert-OH is 1. The van der Waals surface area contributed by atoms with Gasteiger partial charge in [-0.3, -0.25) is 0 Å². The van der Waals surface area contributed by atoms with Gasteiger partial charge < -0.3 is 9.53 Å². The smallest absolute Gasteiger partial charge is 0.281 e. The summed E-state index contributed by atoms with van der Waals surface area (Å²) in [6.07, 6.45) is -0.597. The first-order valence-electron chi connectivity index (χ1n) is 8.05. The molecule has 0 spiro atoms. The fourth-order valence-electron chi connectivity index (χ4n) is 2.88. The third-order valence-corrected chi connectivity index (χ3v) is 9.51. The summed E-state index contributed by atoms with van der Waals surface area (Å²) >= 11 is 0. The van der Waals surface area contributed by atoms with E-state index in [0.29, 0.717) is 5.56 Å². The average Bonchev–Trinajstić information content (AvgIpc) is 2.53. The SMILES string of the molecule is CC[Si](CC)(CC)OC(C)(c1ccccc1)C(F)(F)CCO. The largest absolute Gasteiger partial charge is 0.402 e. The van der Waals surface area contributed by atoms with Crippen molar-refractivity contribution in [3.8, 4) is 0 Å². The van der Waals surface area contributed by atoms with E-state index < -0.39 is 32.9 Å². The zero-order valence-electron chi connectivity index (χ0n) is 14.0. The van der Waals surface area contributed by atoms with Crippen LogP contribution in [0.15, 0.2) is 30.3 Å². The van der Waals surface area contributed by atoms with Gasteiger partial charge >= 0.3 is 0 Å². The number of benzene rings is 1. The van der Waals surface area contributed by atoms with Crippen molar-refractivity contribution in [1.29, 1.82) is 0 Å². The van der Waals surface area contributed by atoms with Gasteiger partial charge in [0.25, 0.3) is 5.92 Å². The van der Waals surface area contributed by atoms with E-state index in [4.69, 9.17) is 9.53 Å². The molecule has 0 heterocycles. The van der Waals surface area contributed by atoms with E-state index in [1.54, 1.807) is 30.3 Å². The van der Waals surface area contributed by atoms with E-state index in [0.717, 1.165) is 18.1 Å². The number of alkyl halides is 2. The second kappa shape index (κ2) is 7.66. The molecule has 1 rings (SSSR count). The van der Waals surface area contributed by atoms with Crippen LogP contribution in [0.5, 0.6) is 0 Å². The first-order valence-corrected chi connectivity index (χ1v) is 10.6. The Morgan fingerprint density at radius 1 is 1.05 bits per heavy atom. The summed E-state index contributed by atoms with van der Waals surface area (Å²) in [6, 6.07) is 11.1. The van der Waals surface area contributed by atoms with Crippen LogP contribution in [0.4, 0.5) is 8.78 Å². The molecule has 0 saturated heterocycles. The lowest BCUT2D eigenvalue weighted by Gasteiger charge is -2.44. The lowest BCUT2D eigenvalue weighted by molar-refractivity contribution is -0.176. The van der Waals surface area contributed by atoms with Gasteiger partial charge in [-0.25, -0.2) is 8.78 Å². The zero-order chi connectivity index (χ0) is 16.9. The third-order valence-electron chi connectivity index (χ3n) is 4.80. The standard InChI is InChI=1S/C17H28F2O2Si/c1-5-22(6-2,7-3)21-16(4,17(18,19)13-14-20)15-11-9-8-10-12-15/h8-12,20H,5-7,13-14H2,1-4H3.